The van der Waals surface area contributed by atoms with Gasteiger partial charge in [-0.05, 0) is 264 Å². The van der Waals surface area contributed by atoms with Crippen molar-refractivity contribution in [3.63, 3.8) is 0 Å². The fourth-order valence-electron chi connectivity index (χ4n) is 23.3. The Morgan fingerprint density at radius 3 is 1.49 bits per heavy atom. The van der Waals surface area contributed by atoms with Gasteiger partial charge in [-0.2, -0.15) is 0 Å². The van der Waals surface area contributed by atoms with E-state index >= 15 is 0 Å². The first-order chi connectivity index (χ1) is 62.9. The number of fused-ring (bicyclic) bond motifs is 35. The van der Waals surface area contributed by atoms with Gasteiger partial charge in [0, 0.05) is 59.0 Å². The molecule has 30 rings (SSSR count). The average molecular weight is 1690 g/mol. The van der Waals surface area contributed by atoms with Crippen molar-refractivity contribution >= 4 is 148 Å². The van der Waals surface area contributed by atoms with Crippen molar-refractivity contribution in [3.05, 3.63) is 471 Å². The number of nitrogens with zero attached hydrogens (tertiary/aromatic N) is 3. The summed E-state index contributed by atoms with van der Waals surface area (Å²) in [5.74, 6) is 0.397. The second-order valence-electron chi connectivity index (χ2n) is 34.6. The summed E-state index contributed by atoms with van der Waals surface area (Å²) in [6.07, 6.45) is 8.12. The number of pyridine rings is 1. The molecule has 2 atom stereocenters. The molecule has 6 aliphatic rings. The molecule has 2 aliphatic heterocycles. The summed E-state index contributed by atoms with van der Waals surface area (Å²) in [7, 11) is 0. The molecule has 8 heteroatoms. The van der Waals surface area contributed by atoms with Gasteiger partial charge < -0.3 is 4.57 Å². The van der Waals surface area contributed by atoms with E-state index in [1.165, 1.54) is 218 Å². The van der Waals surface area contributed by atoms with Gasteiger partial charge in [0.2, 0.25) is 0 Å². The Morgan fingerprint density at radius 1 is 0.283 bits per heavy atom. The molecule has 2 spiro atoms. The van der Waals surface area contributed by atoms with Crippen LogP contribution in [-0.2, 0) is 10.8 Å². The summed E-state index contributed by atoms with van der Waals surface area (Å²) in [6.45, 7) is 0. The van der Waals surface area contributed by atoms with E-state index in [4.69, 9.17) is 0 Å². The maximum Gasteiger partial charge on any atom is 0.198 e. The number of hydrogen-bond donors (Lipinski definition) is 0. The van der Waals surface area contributed by atoms with Crippen LogP contribution < -0.4 is 5.43 Å². The van der Waals surface area contributed by atoms with Crippen LogP contribution in [0.5, 0.6) is 0 Å². The summed E-state index contributed by atoms with van der Waals surface area (Å²) in [5.41, 5.74) is 37.4. The SMILES string of the molecule is C1=CCC2C(=C1)C1(c3ccccc3-c3ccc(-c4ccc5c(c4)c4cccc6c4n5-c4sccc4C64c5ccccc5-c5ccccc54)cc31)c1ccccc12.O=c1c2ccsc2n2c3ccc(-c4ccc5ccc6ccccc6c5c4)cc3c3cccc1c32.c1ccc(-c2cc(-c3ccccc3)cc(-c3ccc4c(c3)c3cccc5c3n4-c3sccc3S5)c2)cc1. The largest absolute Gasteiger partial charge is 0.300 e. The third-order valence-corrected chi connectivity index (χ3v) is 32.5. The van der Waals surface area contributed by atoms with E-state index in [1.54, 1.807) is 11.3 Å². The van der Waals surface area contributed by atoms with Crippen molar-refractivity contribution in [2.45, 2.75) is 33.0 Å². The van der Waals surface area contributed by atoms with Gasteiger partial charge >= 0.3 is 0 Å². The van der Waals surface area contributed by atoms with E-state index in [-0.39, 0.29) is 16.3 Å². The Kier molecular flexibility index (Phi) is 15.3. The number of aromatic nitrogens is 3. The van der Waals surface area contributed by atoms with Crippen LogP contribution >= 0.6 is 45.8 Å². The normalized spacial score (nSPS) is 15.4. The van der Waals surface area contributed by atoms with Crippen molar-refractivity contribution in [1.82, 2.24) is 13.5 Å². The zero-order chi connectivity index (χ0) is 83.1. The fourth-order valence-corrected chi connectivity index (χ4v) is 27.4. The van der Waals surface area contributed by atoms with Gasteiger partial charge in [0.15, 0.2) is 5.43 Å². The molecule has 9 heterocycles. The smallest absolute Gasteiger partial charge is 0.198 e. The minimum absolute atomic E-state index is 0.124. The van der Waals surface area contributed by atoms with Gasteiger partial charge in [0.1, 0.15) is 14.8 Å². The van der Waals surface area contributed by atoms with Gasteiger partial charge in [-0.15, -0.1) is 34.0 Å². The molecule has 7 aromatic heterocycles. The molecule has 127 heavy (non-hydrogen) atoms. The molecule has 0 N–H and O–H groups in total. The van der Waals surface area contributed by atoms with Crippen LogP contribution in [0.4, 0.5) is 0 Å². The van der Waals surface area contributed by atoms with E-state index in [1.807, 2.05) is 58.0 Å². The molecular formula is C119H71N3OS4. The highest BCUT2D eigenvalue weighted by atomic mass is 32.2. The number of benzene rings is 17. The van der Waals surface area contributed by atoms with E-state index in [0.717, 1.165) is 38.4 Å². The average Bonchev–Trinajstić information content (AvgIpc) is 1.51. The van der Waals surface area contributed by atoms with Crippen molar-refractivity contribution in [1.29, 1.82) is 0 Å². The van der Waals surface area contributed by atoms with Gasteiger partial charge in [0.25, 0.3) is 0 Å². The van der Waals surface area contributed by atoms with E-state index < -0.39 is 0 Å². The third-order valence-electron chi connectivity index (χ3n) is 28.6. The first-order valence-corrected chi connectivity index (χ1v) is 47.1. The Hall–Kier alpha value is -14.7. The van der Waals surface area contributed by atoms with E-state index in [9.17, 15) is 4.79 Å². The lowest BCUT2D eigenvalue weighted by molar-refractivity contribution is 0.708. The maximum absolute atomic E-state index is 13.1. The molecule has 4 nitrogen and oxygen atoms in total. The highest BCUT2D eigenvalue weighted by molar-refractivity contribution is 8.00. The Morgan fingerprint density at radius 2 is 0.772 bits per heavy atom. The Bertz CT molecular complexity index is 8930. The molecule has 0 radical (unpaired) electrons. The molecule has 0 bridgehead atoms. The second-order valence-corrected chi connectivity index (χ2v) is 38.4. The number of thiophene rings is 3. The van der Waals surface area contributed by atoms with Crippen LogP contribution in [0.3, 0.4) is 0 Å². The standard InChI is InChI=1S/C54H33NS.C34H21NS2.C31H17NOS/c1-6-18-42-34(12-1)35-13-2-7-19-43(35)53(42)44-20-8-5-16-38(44)39-26-24-33(31-49(39)53)32-25-27-50-41(30-32)40-17-11-23-47-51(40)55(50)52-48(28-29-56-52)54(47)45-21-9-3-14-36(45)37-15-4-10-22-46(37)54;1-3-8-22(9-4-1)25-18-26(23-10-5-2-6-11-23)20-27(19-25)24-14-15-30-29(21-24)28-12-7-13-31-33(28)35(30)34-32(37-31)16-17-36-34;33-30-24-7-3-6-23-27-17-21(12-13-28(27)32(29(23)24)31-25(30)14-15-34-31)20-11-10-19-9-8-18-4-1-2-5-22(18)26(19)16-20/h1-12,14-31,35H,13H2;1-21H;1-17H. The summed E-state index contributed by atoms with van der Waals surface area (Å²) in [5, 5.41) is 23.4. The molecule has 592 valence electrons. The first kappa shape index (κ1) is 71.7. The molecule has 0 fully saturated rings. The summed E-state index contributed by atoms with van der Waals surface area (Å²) < 4.78 is 7.32. The lowest BCUT2D eigenvalue weighted by atomic mass is 9.66. The first-order valence-electron chi connectivity index (χ1n) is 43.7. The van der Waals surface area contributed by atoms with Crippen LogP contribution in [0.1, 0.15) is 56.8 Å². The molecule has 24 aromatic rings. The van der Waals surface area contributed by atoms with Crippen molar-refractivity contribution < 1.29 is 0 Å². The van der Waals surface area contributed by atoms with Gasteiger partial charge in [-0.3, -0.25) is 13.8 Å². The Labute approximate surface area is 747 Å². The van der Waals surface area contributed by atoms with Crippen LogP contribution in [-0.4, -0.2) is 13.5 Å². The lowest BCUT2D eigenvalue weighted by Gasteiger charge is -2.37. The maximum atomic E-state index is 13.1. The van der Waals surface area contributed by atoms with Crippen LogP contribution in [0, 0.1) is 0 Å². The van der Waals surface area contributed by atoms with Gasteiger partial charge in [-0.25, -0.2) is 0 Å². The van der Waals surface area contributed by atoms with Crippen molar-refractivity contribution in [3.8, 4) is 87.9 Å². The molecule has 2 unspecified atom stereocenters. The highest BCUT2D eigenvalue weighted by Gasteiger charge is 2.56. The highest BCUT2D eigenvalue weighted by Crippen LogP contribution is 2.67. The Balaban J connectivity index is 0.000000101. The van der Waals surface area contributed by atoms with Gasteiger partial charge in [0.05, 0.1) is 49.3 Å². The number of rotatable bonds is 5. The molecule has 0 saturated carbocycles. The van der Waals surface area contributed by atoms with E-state index in [0.29, 0.717) is 5.92 Å². The second kappa shape index (κ2) is 27.1. The minimum Gasteiger partial charge on any atom is -0.300 e. The van der Waals surface area contributed by atoms with Crippen LogP contribution in [0.15, 0.2) is 431 Å². The molecular weight excluding hydrogens is 1620 g/mol. The summed E-state index contributed by atoms with van der Waals surface area (Å²) in [4.78, 5) is 16.8. The van der Waals surface area contributed by atoms with Crippen molar-refractivity contribution in [2.75, 3.05) is 0 Å². The zero-order valence-corrected chi connectivity index (χ0v) is 71.7. The summed E-state index contributed by atoms with van der Waals surface area (Å²) >= 11 is 7.21. The molecule has 0 amide bonds. The topological polar surface area (TPSA) is 31.3 Å². The van der Waals surface area contributed by atoms with Crippen LogP contribution in [0.25, 0.3) is 190 Å². The molecule has 17 aromatic carbocycles. The number of para-hydroxylation sites is 3. The fraction of sp³-hybridized carbons (Fsp3) is 0.0336. The summed E-state index contributed by atoms with van der Waals surface area (Å²) in [6, 6.07) is 139. The number of allylic oxidation sites excluding steroid dienone is 4. The quantitative estimate of drug-likeness (QED) is 0.161. The van der Waals surface area contributed by atoms with Crippen molar-refractivity contribution in [2.24, 2.45) is 0 Å². The monoisotopic (exact) mass is 1690 g/mol. The third kappa shape index (κ3) is 9.96. The van der Waals surface area contributed by atoms with Crippen LogP contribution in [0.2, 0.25) is 0 Å². The predicted octanol–water partition coefficient (Wildman–Crippen LogP) is 32.0. The number of hydrogen-bond acceptors (Lipinski definition) is 5. The predicted molar refractivity (Wildman–Crippen MR) is 536 cm³/mol. The van der Waals surface area contributed by atoms with E-state index in [2.05, 4.69) is 400 Å². The zero-order valence-electron chi connectivity index (χ0n) is 68.4. The van der Waals surface area contributed by atoms with Gasteiger partial charge in [-0.1, -0.05) is 309 Å². The molecule has 4 aliphatic carbocycles. The minimum atomic E-state index is -0.364. The lowest BCUT2D eigenvalue weighted by Crippen LogP contribution is -2.32. The molecule has 0 saturated heterocycles.